The molecule has 1 N–H and O–H groups in total. The largest absolute Gasteiger partial charge is 0.309 e. The number of nitrogens with zero attached hydrogens (tertiary/aromatic N) is 3. The fourth-order valence-electron chi connectivity index (χ4n) is 8.60. The number of hydrogen-bond donors (Lipinski definition) is 1. The number of allylic oxidation sites excluding steroid dienone is 2. The number of rotatable bonds is 4. The Balaban J connectivity index is 1.17. The van der Waals surface area contributed by atoms with Crippen LogP contribution in [0, 0.1) is 0 Å². The lowest BCUT2D eigenvalue weighted by Crippen LogP contribution is -2.61. The third-order valence-electron chi connectivity index (χ3n) is 10.8. The predicted octanol–water partition coefficient (Wildman–Crippen LogP) is 10.9. The van der Waals surface area contributed by atoms with Crippen molar-refractivity contribution in [1.29, 1.82) is 0 Å². The first-order chi connectivity index (χ1) is 24.5. The van der Waals surface area contributed by atoms with E-state index in [1.165, 1.54) is 55.0 Å². The number of fused-ring (bicyclic) bond motifs is 7. The van der Waals surface area contributed by atoms with E-state index in [1.807, 2.05) is 0 Å². The van der Waals surface area contributed by atoms with Crippen LogP contribution in [0.4, 0.5) is 0 Å². The lowest BCUT2D eigenvalue weighted by molar-refractivity contribution is 0.193. The van der Waals surface area contributed by atoms with Crippen LogP contribution in [-0.2, 0) is 5.79 Å². The molecule has 0 radical (unpaired) electrons. The summed E-state index contributed by atoms with van der Waals surface area (Å²) in [5.41, 5.74) is 11.5. The molecule has 1 aliphatic heterocycles. The van der Waals surface area contributed by atoms with Crippen LogP contribution < -0.4 is 5.32 Å². The Morgan fingerprint density at radius 2 is 1.12 bits per heavy atom. The van der Waals surface area contributed by atoms with Crippen LogP contribution in [0.2, 0.25) is 0 Å². The van der Waals surface area contributed by atoms with Crippen molar-refractivity contribution in [2.24, 2.45) is 4.99 Å². The van der Waals surface area contributed by atoms with Gasteiger partial charge in [0.25, 0.3) is 0 Å². The van der Waals surface area contributed by atoms with Crippen LogP contribution in [0.15, 0.2) is 174 Å². The summed E-state index contributed by atoms with van der Waals surface area (Å²) in [7, 11) is 0. The minimum Gasteiger partial charge on any atom is -0.309 e. The summed E-state index contributed by atoms with van der Waals surface area (Å²) in [5.74, 6) is -0.733. The van der Waals surface area contributed by atoms with Crippen molar-refractivity contribution in [3.8, 4) is 16.8 Å². The van der Waals surface area contributed by atoms with E-state index in [0.29, 0.717) is 0 Å². The van der Waals surface area contributed by atoms with Crippen molar-refractivity contribution < 1.29 is 0 Å². The van der Waals surface area contributed by atoms with E-state index in [4.69, 9.17) is 4.99 Å². The van der Waals surface area contributed by atoms with E-state index in [-0.39, 0.29) is 5.54 Å². The van der Waals surface area contributed by atoms with E-state index in [2.05, 4.69) is 192 Å². The van der Waals surface area contributed by atoms with Crippen molar-refractivity contribution in [3.05, 3.63) is 175 Å². The second kappa shape index (κ2) is 10.8. The maximum absolute atomic E-state index is 5.59. The Bertz CT molecular complexity index is 2730. The van der Waals surface area contributed by atoms with Gasteiger partial charge in [0.05, 0.1) is 27.8 Å². The lowest BCUT2D eigenvalue weighted by Gasteiger charge is -2.47. The Kier molecular flexibility index (Phi) is 6.24. The molecule has 0 bridgehead atoms. The lowest BCUT2D eigenvalue weighted by atomic mass is 9.78. The summed E-state index contributed by atoms with van der Waals surface area (Å²) in [4.78, 5) is 5.59. The summed E-state index contributed by atoms with van der Waals surface area (Å²) in [6.07, 6.45) is 7.55. The average molecular weight is 645 g/mol. The van der Waals surface area contributed by atoms with Crippen LogP contribution in [-0.4, -0.2) is 20.4 Å². The summed E-state index contributed by atoms with van der Waals surface area (Å²) in [6.45, 7) is 4.54. The maximum atomic E-state index is 5.59. The topological polar surface area (TPSA) is 34.2 Å². The number of hydrogen-bond acceptors (Lipinski definition) is 2. The minimum absolute atomic E-state index is 0.275. The zero-order valence-electron chi connectivity index (χ0n) is 28.1. The number of aliphatic imine (C=N–C) groups is 1. The monoisotopic (exact) mass is 644 g/mol. The fraction of sp³-hybridized carbons (Fsp3) is 0.109. The van der Waals surface area contributed by atoms with Crippen molar-refractivity contribution in [3.63, 3.8) is 0 Å². The van der Waals surface area contributed by atoms with Gasteiger partial charge in [0.1, 0.15) is 0 Å². The molecule has 2 unspecified atom stereocenters. The normalized spacial score (nSPS) is 20.4. The molecule has 6 aromatic carbocycles. The van der Waals surface area contributed by atoms with E-state index in [1.54, 1.807) is 0 Å². The molecule has 0 fully saturated rings. The van der Waals surface area contributed by atoms with E-state index in [0.717, 1.165) is 28.7 Å². The van der Waals surface area contributed by atoms with Crippen molar-refractivity contribution in [2.45, 2.75) is 31.6 Å². The molecule has 50 heavy (non-hydrogen) atoms. The van der Waals surface area contributed by atoms with Crippen LogP contribution in [0.5, 0.6) is 0 Å². The summed E-state index contributed by atoms with van der Waals surface area (Å²) < 4.78 is 4.79. The summed E-state index contributed by atoms with van der Waals surface area (Å²) >= 11 is 0. The Labute approximate surface area is 291 Å². The quantitative estimate of drug-likeness (QED) is 0.203. The number of aromatic nitrogens is 2. The first-order valence-corrected chi connectivity index (χ1v) is 17.5. The van der Waals surface area contributed by atoms with Gasteiger partial charge in [-0.25, -0.2) is 4.99 Å². The van der Waals surface area contributed by atoms with Crippen LogP contribution in [0.25, 0.3) is 60.4 Å². The van der Waals surface area contributed by atoms with Gasteiger partial charge in [-0.2, -0.15) is 0 Å². The molecule has 2 aromatic heterocycles. The van der Waals surface area contributed by atoms with Gasteiger partial charge < -0.3 is 9.13 Å². The average Bonchev–Trinajstić information content (AvgIpc) is 3.67. The third kappa shape index (κ3) is 4.25. The van der Waals surface area contributed by atoms with Gasteiger partial charge in [0, 0.05) is 38.3 Å². The molecule has 0 amide bonds. The smallest absolute Gasteiger partial charge is 0.189 e. The maximum Gasteiger partial charge on any atom is 0.189 e. The summed E-state index contributed by atoms with van der Waals surface area (Å²) in [5, 5.41) is 9.00. The number of para-hydroxylation sites is 3. The number of benzene rings is 6. The van der Waals surface area contributed by atoms with Crippen molar-refractivity contribution >= 4 is 49.3 Å². The molecule has 3 heterocycles. The van der Waals surface area contributed by atoms with Crippen LogP contribution in [0.1, 0.15) is 25.8 Å². The highest BCUT2D eigenvalue weighted by atomic mass is 15.4. The molecule has 0 spiro atoms. The Morgan fingerprint density at radius 1 is 0.560 bits per heavy atom. The molecule has 4 heteroatoms. The third-order valence-corrected chi connectivity index (χ3v) is 10.8. The van der Waals surface area contributed by atoms with Crippen molar-refractivity contribution in [1.82, 2.24) is 14.5 Å². The van der Waals surface area contributed by atoms with Crippen molar-refractivity contribution in [2.75, 3.05) is 0 Å². The van der Waals surface area contributed by atoms with Gasteiger partial charge in [-0.05, 0) is 85.5 Å². The van der Waals surface area contributed by atoms with E-state index < -0.39 is 5.79 Å². The van der Waals surface area contributed by atoms with Gasteiger partial charge in [-0.15, -0.1) is 0 Å². The second-order valence-electron chi connectivity index (χ2n) is 14.0. The standard InChI is InChI=1S/C46H36N4/c1-45-28-14-13-21-39(45)44(31-15-5-3-6-16-31)47-46(2,48-45)50-42-23-12-10-20-36(42)38-30-33(25-27-43(38)50)32-24-26-41-37(29-32)35-19-9-11-22-40(35)49(41)34-17-7-4-8-18-34/h3-27,29-30,48H,28H2,1-2H3. The van der Waals surface area contributed by atoms with Gasteiger partial charge >= 0.3 is 0 Å². The summed E-state index contributed by atoms with van der Waals surface area (Å²) in [6, 6.07) is 52.6. The minimum atomic E-state index is -0.733. The zero-order chi connectivity index (χ0) is 33.5. The van der Waals surface area contributed by atoms with Crippen LogP contribution >= 0.6 is 0 Å². The van der Waals surface area contributed by atoms with Gasteiger partial charge in [0.2, 0.25) is 0 Å². The highest BCUT2D eigenvalue weighted by Gasteiger charge is 2.45. The first-order valence-electron chi connectivity index (χ1n) is 17.5. The first kappa shape index (κ1) is 29.0. The highest BCUT2D eigenvalue weighted by Crippen LogP contribution is 2.43. The highest BCUT2D eigenvalue weighted by molar-refractivity contribution is 6.16. The van der Waals surface area contributed by atoms with Gasteiger partial charge in [-0.1, -0.05) is 115 Å². The SMILES string of the molecule is CC12CC=CC=C1C(c1ccccc1)=NC(C)(n1c3ccccc3c3cc(-c4ccc5c(c4)c4ccccc4n5-c4ccccc4)ccc31)N2. The zero-order valence-corrected chi connectivity index (χ0v) is 28.1. The molecule has 4 nitrogen and oxygen atoms in total. The molecule has 1 aliphatic carbocycles. The molecule has 0 saturated heterocycles. The van der Waals surface area contributed by atoms with E-state index in [9.17, 15) is 0 Å². The molecule has 10 rings (SSSR count). The molecule has 240 valence electrons. The number of nitrogens with one attached hydrogen (secondary N) is 1. The second-order valence-corrected chi connectivity index (χ2v) is 14.0. The molecule has 2 aliphatic rings. The van der Waals surface area contributed by atoms with Crippen LogP contribution in [0.3, 0.4) is 0 Å². The van der Waals surface area contributed by atoms with Gasteiger partial charge in [0.15, 0.2) is 5.79 Å². The van der Waals surface area contributed by atoms with Gasteiger partial charge in [-0.3, -0.25) is 5.32 Å². The molecule has 2 atom stereocenters. The molecule has 0 saturated carbocycles. The molecular formula is C46H36N4. The predicted molar refractivity (Wildman–Crippen MR) is 209 cm³/mol. The molecule has 8 aromatic rings. The van der Waals surface area contributed by atoms with E-state index >= 15 is 0 Å². The Hall–Kier alpha value is -5.97. The molecular weight excluding hydrogens is 609 g/mol. The fourth-order valence-corrected chi connectivity index (χ4v) is 8.60. The Morgan fingerprint density at radius 3 is 1.86 bits per heavy atom.